The fourth-order valence-corrected chi connectivity index (χ4v) is 3.44. The van der Waals surface area contributed by atoms with Crippen LogP contribution >= 0.6 is 33.9 Å². The lowest BCUT2D eigenvalue weighted by Gasteiger charge is -1.97. The van der Waals surface area contributed by atoms with E-state index in [1.54, 1.807) is 11.3 Å². The summed E-state index contributed by atoms with van der Waals surface area (Å²) in [7, 11) is 0. The van der Waals surface area contributed by atoms with Gasteiger partial charge in [-0.25, -0.2) is 0 Å². The van der Waals surface area contributed by atoms with Crippen LogP contribution in [0.4, 0.5) is 0 Å². The van der Waals surface area contributed by atoms with Gasteiger partial charge in [-0.15, -0.1) is 11.3 Å². The number of nitriles is 1. The van der Waals surface area contributed by atoms with E-state index < -0.39 is 0 Å². The highest BCUT2D eigenvalue weighted by molar-refractivity contribution is 14.1. The van der Waals surface area contributed by atoms with Gasteiger partial charge in [0.15, 0.2) is 0 Å². The van der Waals surface area contributed by atoms with Crippen LogP contribution in [0.3, 0.4) is 0 Å². The highest BCUT2D eigenvalue weighted by Gasteiger charge is 2.10. The van der Waals surface area contributed by atoms with Gasteiger partial charge in [-0.05, 0) is 52.2 Å². The van der Waals surface area contributed by atoms with Crippen LogP contribution in [0, 0.1) is 14.2 Å². The number of hydrogen-bond acceptors (Lipinski definition) is 2. The van der Waals surface area contributed by atoms with Crippen LogP contribution in [0.2, 0.25) is 0 Å². The third kappa shape index (κ3) is 1.75. The molecule has 2 heterocycles. The number of hydrogen-bond donors (Lipinski definition) is 1. The molecule has 82 valence electrons. The number of benzene rings is 1. The van der Waals surface area contributed by atoms with Crippen molar-refractivity contribution in [1.29, 1.82) is 5.26 Å². The van der Waals surface area contributed by atoms with Crippen LogP contribution in [0.25, 0.3) is 22.0 Å². The van der Waals surface area contributed by atoms with Gasteiger partial charge < -0.3 is 4.98 Å². The summed E-state index contributed by atoms with van der Waals surface area (Å²) in [5, 5.41) is 12.1. The molecule has 1 aromatic carbocycles. The quantitative estimate of drug-likeness (QED) is 0.651. The molecule has 17 heavy (non-hydrogen) atoms. The van der Waals surface area contributed by atoms with Crippen molar-refractivity contribution in [3.63, 3.8) is 0 Å². The molecule has 3 aromatic rings. The first-order chi connectivity index (χ1) is 8.29. The van der Waals surface area contributed by atoms with E-state index in [1.807, 2.05) is 24.4 Å². The molecule has 0 spiro atoms. The van der Waals surface area contributed by atoms with Crippen LogP contribution in [0.5, 0.6) is 0 Å². The first-order valence-corrected chi connectivity index (χ1v) is 7.00. The smallest absolute Gasteiger partial charge is 0.0991 e. The number of halogens is 1. The van der Waals surface area contributed by atoms with Gasteiger partial charge in [0.25, 0.3) is 0 Å². The Morgan fingerprint density at radius 1 is 1.24 bits per heavy atom. The molecule has 0 unspecified atom stereocenters. The molecule has 0 amide bonds. The minimum absolute atomic E-state index is 0.698. The predicted octanol–water partition coefficient (Wildman–Crippen LogP) is 4.37. The second-order valence-corrected chi connectivity index (χ2v) is 6.41. The normalized spacial score (nSPS) is 10.6. The molecule has 0 atom stereocenters. The van der Waals surface area contributed by atoms with Crippen molar-refractivity contribution in [3.8, 4) is 17.2 Å². The molecule has 0 aliphatic heterocycles. The summed E-state index contributed by atoms with van der Waals surface area (Å²) >= 11 is 4.08. The van der Waals surface area contributed by atoms with Crippen LogP contribution in [0.1, 0.15) is 5.56 Å². The Balaban J connectivity index is 2.31. The first kappa shape index (κ1) is 10.8. The van der Waals surface area contributed by atoms with Crippen molar-refractivity contribution in [2.75, 3.05) is 0 Å². The van der Waals surface area contributed by atoms with Gasteiger partial charge in [0.1, 0.15) is 0 Å². The molecule has 4 heteroatoms. The van der Waals surface area contributed by atoms with Crippen molar-refractivity contribution in [1.82, 2.24) is 4.98 Å². The van der Waals surface area contributed by atoms with Gasteiger partial charge in [0.05, 0.1) is 14.5 Å². The Morgan fingerprint density at radius 2 is 2.12 bits per heavy atom. The number of H-pyrrole nitrogens is 1. The second-order valence-electron chi connectivity index (χ2n) is 3.68. The largest absolute Gasteiger partial charge is 0.361 e. The van der Waals surface area contributed by atoms with Crippen molar-refractivity contribution in [2.24, 2.45) is 0 Å². The average Bonchev–Trinajstić information content (AvgIpc) is 2.94. The van der Waals surface area contributed by atoms with Crippen molar-refractivity contribution in [3.05, 3.63) is 44.3 Å². The van der Waals surface area contributed by atoms with E-state index in [9.17, 15) is 0 Å². The van der Waals surface area contributed by atoms with Gasteiger partial charge in [-0.3, -0.25) is 0 Å². The Hall–Kier alpha value is -1.32. The zero-order valence-electron chi connectivity index (χ0n) is 8.70. The molecule has 0 saturated heterocycles. The summed E-state index contributed by atoms with van der Waals surface area (Å²) in [6.07, 6.45) is 2.01. The van der Waals surface area contributed by atoms with Gasteiger partial charge in [0, 0.05) is 28.2 Å². The van der Waals surface area contributed by atoms with Crippen LogP contribution < -0.4 is 0 Å². The summed E-state index contributed by atoms with van der Waals surface area (Å²) in [5.74, 6) is 0. The molecule has 0 aliphatic carbocycles. The fourth-order valence-electron chi connectivity index (χ4n) is 1.90. The predicted molar refractivity (Wildman–Crippen MR) is 79.0 cm³/mol. The summed E-state index contributed by atoms with van der Waals surface area (Å²) in [5.41, 5.74) is 4.17. The maximum atomic E-state index is 8.95. The van der Waals surface area contributed by atoms with Gasteiger partial charge in [0.2, 0.25) is 0 Å². The molecule has 0 radical (unpaired) electrons. The number of nitrogens with zero attached hydrogens (tertiary/aromatic N) is 1. The Kier molecular flexibility index (Phi) is 2.65. The number of fused-ring (bicyclic) bond motifs is 1. The molecule has 0 fully saturated rings. The lowest BCUT2D eigenvalue weighted by atomic mass is 10.1. The van der Waals surface area contributed by atoms with E-state index in [2.05, 4.69) is 45.1 Å². The molecule has 2 nitrogen and oxygen atoms in total. The van der Waals surface area contributed by atoms with E-state index in [-0.39, 0.29) is 0 Å². The van der Waals surface area contributed by atoms with Crippen molar-refractivity contribution < 1.29 is 0 Å². The third-order valence-corrected chi connectivity index (χ3v) is 4.76. The van der Waals surface area contributed by atoms with Gasteiger partial charge in [-0.2, -0.15) is 5.26 Å². The highest BCUT2D eigenvalue weighted by atomic mass is 127. The van der Waals surface area contributed by atoms with E-state index >= 15 is 0 Å². The SMILES string of the molecule is N#Cc1ccc2[nH]cc(-c3ccsc3I)c2c1. The van der Waals surface area contributed by atoms with Gasteiger partial charge in [-0.1, -0.05) is 0 Å². The number of aromatic nitrogens is 1. The van der Waals surface area contributed by atoms with Crippen molar-refractivity contribution in [2.45, 2.75) is 0 Å². The molecule has 0 bridgehead atoms. The molecular formula is C13H7IN2S. The van der Waals surface area contributed by atoms with E-state index in [1.165, 1.54) is 14.0 Å². The number of aromatic amines is 1. The standard InChI is InChI=1S/C13H7IN2S/c14-13-9(3-4-17-13)11-7-16-12-2-1-8(6-15)5-10(11)12/h1-5,7,16H. The highest BCUT2D eigenvalue weighted by Crippen LogP contribution is 2.34. The maximum absolute atomic E-state index is 8.95. The summed E-state index contributed by atoms with van der Waals surface area (Å²) in [6, 6.07) is 10.0. The number of rotatable bonds is 1. The van der Waals surface area contributed by atoms with E-state index in [0.29, 0.717) is 5.56 Å². The molecule has 0 saturated carbocycles. The molecule has 3 rings (SSSR count). The lowest BCUT2D eigenvalue weighted by Crippen LogP contribution is -1.76. The van der Waals surface area contributed by atoms with Crippen LogP contribution in [-0.2, 0) is 0 Å². The Bertz CT molecular complexity index is 733. The van der Waals surface area contributed by atoms with Crippen LogP contribution in [0.15, 0.2) is 35.8 Å². The molecule has 2 aromatic heterocycles. The van der Waals surface area contributed by atoms with Gasteiger partial charge >= 0.3 is 0 Å². The fraction of sp³-hybridized carbons (Fsp3) is 0. The summed E-state index contributed by atoms with van der Waals surface area (Å²) < 4.78 is 1.27. The topological polar surface area (TPSA) is 39.6 Å². The first-order valence-electron chi connectivity index (χ1n) is 5.04. The zero-order valence-corrected chi connectivity index (χ0v) is 11.7. The number of thiophene rings is 1. The monoisotopic (exact) mass is 350 g/mol. The number of nitrogens with one attached hydrogen (secondary N) is 1. The second kappa shape index (κ2) is 4.17. The Labute approximate surface area is 116 Å². The van der Waals surface area contributed by atoms with Crippen LogP contribution in [-0.4, -0.2) is 4.98 Å². The molecular weight excluding hydrogens is 343 g/mol. The third-order valence-electron chi connectivity index (χ3n) is 2.72. The average molecular weight is 350 g/mol. The molecule has 1 N–H and O–H groups in total. The zero-order chi connectivity index (χ0) is 11.8. The maximum Gasteiger partial charge on any atom is 0.0991 e. The van der Waals surface area contributed by atoms with E-state index in [4.69, 9.17) is 5.26 Å². The molecule has 0 aliphatic rings. The minimum atomic E-state index is 0.698. The Morgan fingerprint density at radius 3 is 2.82 bits per heavy atom. The summed E-state index contributed by atoms with van der Waals surface area (Å²) in [6.45, 7) is 0. The van der Waals surface area contributed by atoms with E-state index in [0.717, 1.165) is 10.9 Å². The minimum Gasteiger partial charge on any atom is -0.361 e. The lowest BCUT2D eigenvalue weighted by molar-refractivity contribution is 1.46. The van der Waals surface area contributed by atoms with Crippen molar-refractivity contribution >= 4 is 44.8 Å². The summed E-state index contributed by atoms with van der Waals surface area (Å²) in [4.78, 5) is 3.25.